The minimum absolute atomic E-state index is 0.0922. The number of aryl methyl sites for hydroxylation is 2. The molecule has 0 saturated carbocycles. The maximum absolute atomic E-state index is 12.7. The van der Waals surface area contributed by atoms with E-state index in [-0.39, 0.29) is 5.56 Å². The Morgan fingerprint density at radius 3 is 2.65 bits per heavy atom. The van der Waals surface area contributed by atoms with Gasteiger partial charge in [-0.15, -0.1) is 0 Å². The molecule has 20 heavy (non-hydrogen) atoms. The molecule has 0 aliphatic heterocycles. The summed E-state index contributed by atoms with van der Waals surface area (Å²) in [4.78, 5) is 17.2. The fourth-order valence-corrected chi connectivity index (χ4v) is 2.39. The van der Waals surface area contributed by atoms with Gasteiger partial charge in [0.15, 0.2) is 0 Å². The van der Waals surface area contributed by atoms with Crippen LogP contribution in [0, 0.1) is 13.8 Å². The van der Waals surface area contributed by atoms with E-state index in [1.54, 1.807) is 22.8 Å². The predicted molar refractivity (Wildman–Crippen MR) is 81.2 cm³/mol. The van der Waals surface area contributed by atoms with Crippen LogP contribution >= 0.6 is 0 Å². The minimum atomic E-state index is -0.0922. The number of rotatable bonds is 1. The molecule has 4 heteroatoms. The third-order valence-electron chi connectivity index (χ3n) is 3.32. The Hall–Kier alpha value is -2.62. The van der Waals surface area contributed by atoms with Crippen LogP contribution in [0.3, 0.4) is 0 Å². The molecule has 100 valence electrons. The van der Waals surface area contributed by atoms with Crippen LogP contribution in [0.5, 0.6) is 0 Å². The fourth-order valence-electron chi connectivity index (χ4n) is 2.39. The molecular weight excluding hydrogens is 250 g/mol. The Bertz CT molecular complexity index is 865. The van der Waals surface area contributed by atoms with E-state index >= 15 is 0 Å². The summed E-state index contributed by atoms with van der Waals surface area (Å²) in [6, 6.07) is 13.0. The maximum Gasteiger partial charge on any atom is 0.266 e. The largest absolute Gasteiger partial charge is 0.399 e. The topological polar surface area (TPSA) is 60.9 Å². The van der Waals surface area contributed by atoms with Gasteiger partial charge in [0.2, 0.25) is 0 Å². The lowest BCUT2D eigenvalue weighted by molar-refractivity contribution is 0.893. The molecule has 1 aromatic heterocycles. The molecular formula is C16H15N3O. The molecule has 0 radical (unpaired) electrons. The SMILES string of the molecule is Cc1cccc(-n2c(C)nc3ccc(N)cc3c2=O)c1. The summed E-state index contributed by atoms with van der Waals surface area (Å²) in [5, 5.41) is 0.539. The summed E-state index contributed by atoms with van der Waals surface area (Å²) in [7, 11) is 0. The van der Waals surface area contributed by atoms with Crippen molar-refractivity contribution in [3.63, 3.8) is 0 Å². The molecule has 0 fully saturated rings. The molecule has 0 saturated heterocycles. The van der Waals surface area contributed by atoms with E-state index in [0.717, 1.165) is 11.3 Å². The zero-order valence-corrected chi connectivity index (χ0v) is 11.4. The molecule has 0 aliphatic carbocycles. The van der Waals surface area contributed by atoms with E-state index < -0.39 is 0 Å². The van der Waals surface area contributed by atoms with Crippen LogP contribution < -0.4 is 11.3 Å². The number of fused-ring (bicyclic) bond motifs is 1. The molecule has 0 bridgehead atoms. The second-order valence-corrected chi connectivity index (χ2v) is 4.92. The van der Waals surface area contributed by atoms with Gasteiger partial charge < -0.3 is 5.73 Å². The van der Waals surface area contributed by atoms with Gasteiger partial charge in [-0.1, -0.05) is 12.1 Å². The number of hydrogen-bond acceptors (Lipinski definition) is 3. The van der Waals surface area contributed by atoms with E-state index in [9.17, 15) is 4.79 Å². The van der Waals surface area contributed by atoms with Crippen molar-refractivity contribution in [1.82, 2.24) is 9.55 Å². The second-order valence-electron chi connectivity index (χ2n) is 4.92. The van der Waals surface area contributed by atoms with Crippen molar-refractivity contribution in [2.24, 2.45) is 0 Å². The molecule has 3 aromatic rings. The van der Waals surface area contributed by atoms with Crippen LogP contribution in [-0.4, -0.2) is 9.55 Å². The van der Waals surface area contributed by atoms with Crippen molar-refractivity contribution >= 4 is 16.6 Å². The molecule has 0 unspecified atom stereocenters. The van der Waals surface area contributed by atoms with E-state index in [1.807, 2.05) is 38.1 Å². The van der Waals surface area contributed by atoms with Crippen LogP contribution in [0.4, 0.5) is 5.69 Å². The lowest BCUT2D eigenvalue weighted by Gasteiger charge is -2.11. The molecule has 0 spiro atoms. The number of hydrogen-bond donors (Lipinski definition) is 1. The Morgan fingerprint density at radius 1 is 1.10 bits per heavy atom. The molecule has 4 nitrogen and oxygen atoms in total. The van der Waals surface area contributed by atoms with Gasteiger partial charge in [0.05, 0.1) is 16.6 Å². The van der Waals surface area contributed by atoms with E-state index in [4.69, 9.17) is 5.73 Å². The van der Waals surface area contributed by atoms with Gasteiger partial charge in [-0.25, -0.2) is 4.98 Å². The highest BCUT2D eigenvalue weighted by molar-refractivity contribution is 5.81. The van der Waals surface area contributed by atoms with Crippen molar-refractivity contribution in [2.75, 3.05) is 5.73 Å². The van der Waals surface area contributed by atoms with Crippen LogP contribution in [-0.2, 0) is 0 Å². The average molecular weight is 265 g/mol. The zero-order chi connectivity index (χ0) is 14.3. The van der Waals surface area contributed by atoms with E-state index in [2.05, 4.69) is 4.98 Å². The molecule has 3 rings (SSSR count). The van der Waals surface area contributed by atoms with Gasteiger partial charge in [-0.2, -0.15) is 0 Å². The number of aromatic nitrogens is 2. The third-order valence-corrected chi connectivity index (χ3v) is 3.32. The first kappa shape index (κ1) is 12.4. The minimum Gasteiger partial charge on any atom is -0.399 e. The first-order chi connectivity index (χ1) is 9.56. The summed E-state index contributed by atoms with van der Waals surface area (Å²) in [5.41, 5.74) is 8.84. The quantitative estimate of drug-likeness (QED) is 0.688. The average Bonchev–Trinajstić information content (AvgIpc) is 2.40. The highest BCUT2D eigenvalue weighted by atomic mass is 16.1. The van der Waals surface area contributed by atoms with Crippen molar-refractivity contribution in [1.29, 1.82) is 0 Å². The fraction of sp³-hybridized carbons (Fsp3) is 0.125. The first-order valence-corrected chi connectivity index (χ1v) is 6.42. The summed E-state index contributed by atoms with van der Waals surface area (Å²) >= 11 is 0. The monoisotopic (exact) mass is 265 g/mol. The summed E-state index contributed by atoms with van der Waals surface area (Å²) < 4.78 is 1.62. The summed E-state index contributed by atoms with van der Waals surface area (Å²) in [6.07, 6.45) is 0. The standard InChI is InChI=1S/C16H15N3O/c1-10-4-3-5-13(8-10)19-11(2)18-15-7-6-12(17)9-14(15)16(19)20/h3-9H,17H2,1-2H3. The van der Waals surface area contributed by atoms with E-state index in [0.29, 0.717) is 22.4 Å². The Morgan fingerprint density at radius 2 is 1.90 bits per heavy atom. The highest BCUT2D eigenvalue weighted by Gasteiger charge is 2.10. The van der Waals surface area contributed by atoms with Crippen molar-refractivity contribution < 1.29 is 0 Å². The van der Waals surface area contributed by atoms with E-state index in [1.165, 1.54) is 0 Å². The Balaban J connectivity index is 2.39. The zero-order valence-electron chi connectivity index (χ0n) is 11.4. The number of benzene rings is 2. The molecule has 0 amide bonds. The third kappa shape index (κ3) is 1.95. The molecule has 0 aliphatic rings. The van der Waals surface area contributed by atoms with Gasteiger partial charge in [0, 0.05) is 5.69 Å². The lowest BCUT2D eigenvalue weighted by Crippen LogP contribution is -2.22. The van der Waals surface area contributed by atoms with Crippen LogP contribution in [0.15, 0.2) is 47.3 Å². The van der Waals surface area contributed by atoms with Crippen LogP contribution in [0.2, 0.25) is 0 Å². The van der Waals surface area contributed by atoms with Gasteiger partial charge in [-0.05, 0) is 49.7 Å². The Kier molecular flexibility index (Phi) is 2.79. The van der Waals surface area contributed by atoms with Gasteiger partial charge in [0.1, 0.15) is 5.82 Å². The van der Waals surface area contributed by atoms with Gasteiger partial charge in [0.25, 0.3) is 5.56 Å². The number of anilines is 1. The molecule has 2 aromatic carbocycles. The second kappa shape index (κ2) is 4.49. The predicted octanol–water partition coefficient (Wildman–Crippen LogP) is 2.58. The maximum atomic E-state index is 12.7. The molecule has 2 N–H and O–H groups in total. The number of nitrogen functional groups attached to an aromatic ring is 1. The van der Waals surface area contributed by atoms with Crippen LogP contribution in [0.1, 0.15) is 11.4 Å². The van der Waals surface area contributed by atoms with Gasteiger partial charge >= 0.3 is 0 Å². The normalized spacial score (nSPS) is 10.9. The van der Waals surface area contributed by atoms with Crippen LogP contribution in [0.25, 0.3) is 16.6 Å². The van der Waals surface area contributed by atoms with Crippen molar-refractivity contribution in [3.8, 4) is 5.69 Å². The number of nitrogens with two attached hydrogens (primary N) is 1. The smallest absolute Gasteiger partial charge is 0.266 e. The molecule has 0 atom stereocenters. The lowest BCUT2D eigenvalue weighted by atomic mass is 10.2. The number of nitrogens with zero attached hydrogens (tertiary/aromatic N) is 2. The summed E-state index contributed by atoms with van der Waals surface area (Å²) in [6.45, 7) is 3.83. The highest BCUT2D eigenvalue weighted by Crippen LogP contribution is 2.15. The molecule has 1 heterocycles. The van der Waals surface area contributed by atoms with Crippen molar-refractivity contribution in [3.05, 3.63) is 64.2 Å². The first-order valence-electron chi connectivity index (χ1n) is 6.42. The van der Waals surface area contributed by atoms with Gasteiger partial charge in [-0.3, -0.25) is 9.36 Å². The summed E-state index contributed by atoms with van der Waals surface area (Å²) in [5.74, 6) is 0.665. The Labute approximate surface area is 116 Å². The van der Waals surface area contributed by atoms with Crippen molar-refractivity contribution in [2.45, 2.75) is 13.8 Å².